The second kappa shape index (κ2) is 11.3. The van der Waals surface area contributed by atoms with Gasteiger partial charge in [0.15, 0.2) is 17.5 Å². The lowest BCUT2D eigenvalue weighted by Gasteiger charge is -2.29. The number of nitrogens with zero attached hydrogens (tertiary/aromatic N) is 1. The summed E-state index contributed by atoms with van der Waals surface area (Å²) in [5.41, 5.74) is 2.68. The van der Waals surface area contributed by atoms with E-state index >= 15 is 0 Å². The maximum atomic E-state index is 13.5. The predicted octanol–water partition coefficient (Wildman–Crippen LogP) is 4.21. The van der Waals surface area contributed by atoms with Gasteiger partial charge < -0.3 is 14.4 Å². The lowest BCUT2D eigenvalue weighted by Crippen LogP contribution is -2.52. The summed E-state index contributed by atoms with van der Waals surface area (Å²) in [6, 6.07) is 10.9. The van der Waals surface area contributed by atoms with E-state index in [9.17, 15) is 32.3 Å². The Morgan fingerprint density at radius 1 is 1.02 bits per heavy atom. The minimum Gasteiger partial charge on any atom is -0.495 e. The summed E-state index contributed by atoms with van der Waals surface area (Å²) >= 11 is 0. The van der Waals surface area contributed by atoms with Gasteiger partial charge in [-0.1, -0.05) is 24.3 Å². The van der Waals surface area contributed by atoms with Gasteiger partial charge in [0.05, 0.1) is 12.7 Å². The molecular formula is C29H24F3N3O6. The quantitative estimate of drug-likeness (QED) is 0.327. The molecule has 2 aliphatic heterocycles. The molecule has 9 nitrogen and oxygen atoms in total. The van der Waals surface area contributed by atoms with E-state index in [1.807, 2.05) is 0 Å². The highest BCUT2D eigenvalue weighted by molar-refractivity contribution is 6.06. The van der Waals surface area contributed by atoms with Crippen molar-refractivity contribution in [1.82, 2.24) is 10.2 Å². The SMILES string of the molecule is COc1c(COC(=O)Nc2ccc(Cc3cc(F)c(F)c(F)c3)cc2)ccc2c1C(=O)N(C1CCC(=O)NC1=O)C2. The number of anilines is 1. The van der Waals surface area contributed by atoms with Crippen molar-refractivity contribution in [2.24, 2.45) is 0 Å². The van der Waals surface area contributed by atoms with Crippen molar-refractivity contribution in [2.75, 3.05) is 12.4 Å². The van der Waals surface area contributed by atoms with Crippen molar-refractivity contribution in [3.8, 4) is 5.75 Å². The minimum atomic E-state index is -1.52. The number of rotatable bonds is 7. The van der Waals surface area contributed by atoms with Crippen molar-refractivity contribution in [3.63, 3.8) is 0 Å². The topological polar surface area (TPSA) is 114 Å². The Balaban J connectivity index is 1.20. The largest absolute Gasteiger partial charge is 0.495 e. The predicted molar refractivity (Wildman–Crippen MR) is 138 cm³/mol. The number of benzene rings is 3. The molecule has 1 saturated heterocycles. The van der Waals surface area contributed by atoms with Crippen LogP contribution >= 0.6 is 0 Å². The summed E-state index contributed by atoms with van der Waals surface area (Å²) in [6.45, 7) is -0.0345. The number of carbonyl (C=O) groups is 4. The molecule has 4 amide bonds. The van der Waals surface area contributed by atoms with E-state index in [1.165, 1.54) is 12.0 Å². The van der Waals surface area contributed by atoms with Gasteiger partial charge in [0.2, 0.25) is 11.8 Å². The monoisotopic (exact) mass is 567 g/mol. The fourth-order valence-corrected chi connectivity index (χ4v) is 4.96. The zero-order valence-electron chi connectivity index (χ0n) is 21.8. The zero-order chi connectivity index (χ0) is 29.3. The van der Waals surface area contributed by atoms with Crippen molar-refractivity contribution >= 4 is 29.5 Å². The first kappa shape index (κ1) is 27.7. The molecule has 2 N–H and O–H groups in total. The molecule has 0 saturated carbocycles. The van der Waals surface area contributed by atoms with Crippen LogP contribution in [0.1, 0.15) is 45.5 Å². The summed E-state index contributed by atoms with van der Waals surface area (Å²) in [5, 5.41) is 4.83. The maximum absolute atomic E-state index is 13.5. The zero-order valence-corrected chi connectivity index (χ0v) is 21.8. The Labute approximate surface area is 232 Å². The van der Waals surface area contributed by atoms with Crippen molar-refractivity contribution in [1.29, 1.82) is 0 Å². The molecule has 1 fully saturated rings. The molecule has 212 valence electrons. The summed E-state index contributed by atoms with van der Waals surface area (Å²) in [4.78, 5) is 50.9. The van der Waals surface area contributed by atoms with Gasteiger partial charge in [0.1, 0.15) is 18.4 Å². The standard InChI is InChI=1S/C29H24F3N3O6/c1-40-26-18(5-4-17-13-35(28(38)24(17)26)22-8-9-23(36)34-27(22)37)14-41-29(39)33-19-6-2-15(3-7-19)10-16-11-20(30)25(32)21(31)12-16/h2-7,11-12,22H,8-10,13-14H2,1H3,(H,33,39)(H,34,36,37). The average molecular weight is 568 g/mol. The highest BCUT2D eigenvalue weighted by Gasteiger charge is 2.41. The molecule has 1 unspecified atom stereocenters. The third-order valence-corrected chi connectivity index (χ3v) is 6.94. The highest BCUT2D eigenvalue weighted by atomic mass is 19.2. The Kier molecular flexibility index (Phi) is 7.64. The number of methoxy groups -OCH3 is 1. The average Bonchev–Trinajstić information content (AvgIpc) is 3.27. The number of nitrogens with one attached hydrogen (secondary N) is 2. The van der Waals surface area contributed by atoms with E-state index in [4.69, 9.17) is 9.47 Å². The van der Waals surface area contributed by atoms with Crippen LogP contribution in [-0.4, -0.2) is 41.9 Å². The van der Waals surface area contributed by atoms with E-state index in [-0.39, 0.29) is 55.2 Å². The van der Waals surface area contributed by atoms with Crippen LogP contribution in [0.2, 0.25) is 0 Å². The molecule has 5 rings (SSSR count). The molecule has 1 atom stereocenters. The Bertz CT molecular complexity index is 1540. The smallest absolute Gasteiger partial charge is 0.411 e. The van der Waals surface area contributed by atoms with Crippen LogP contribution in [0.4, 0.5) is 23.7 Å². The summed E-state index contributed by atoms with van der Waals surface area (Å²) in [5.74, 6) is -5.14. The Morgan fingerprint density at radius 2 is 1.73 bits per heavy atom. The van der Waals surface area contributed by atoms with Crippen molar-refractivity contribution < 1.29 is 41.8 Å². The summed E-state index contributed by atoms with van der Waals surface area (Å²) < 4.78 is 50.9. The first-order valence-corrected chi connectivity index (χ1v) is 12.6. The minimum absolute atomic E-state index is 0.138. The number of piperidine rings is 1. The molecule has 2 heterocycles. The van der Waals surface area contributed by atoms with Crippen LogP contribution in [0.25, 0.3) is 0 Å². The Morgan fingerprint density at radius 3 is 2.39 bits per heavy atom. The number of fused-ring (bicyclic) bond motifs is 1. The van der Waals surface area contributed by atoms with Gasteiger partial charge >= 0.3 is 6.09 Å². The lowest BCUT2D eigenvalue weighted by atomic mass is 10.0. The van der Waals surface area contributed by atoms with Gasteiger partial charge in [-0.3, -0.25) is 25.0 Å². The molecule has 0 radical (unpaired) electrons. The van der Waals surface area contributed by atoms with Crippen LogP contribution in [0.3, 0.4) is 0 Å². The number of halogens is 3. The molecule has 2 aliphatic rings. The van der Waals surface area contributed by atoms with Gasteiger partial charge in [-0.15, -0.1) is 0 Å². The fourth-order valence-electron chi connectivity index (χ4n) is 4.96. The second-order valence-electron chi connectivity index (χ2n) is 9.64. The highest BCUT2D eigenvalue weighted by Crippen LogP contribution is 2.36. The van der Waals surface area contributed by atoms with Gasteiger partial charge in [-0.2, -0.15) is 0 Å². The summed E-state index contributed by atoms with van der Waals surface area (Å²) in [7, 11) is 1.39. The van der Waals surface area contributed by atoms with E-state index in [0.29, 0.717) is 22.4 Å². The number of hydrogen-bond acceptors (Lipinski definition) is 6. The lowest BCUT2D eigenvalue weighted by molar-refractivity contribution is -0.136. The molecule has 0 aromatic heterocycles. The summed E-state index contributed by atoms with van der Waals surface area (Å²) in [6.07, 6.45) is -0.262. The number of imide groups is 1. The maximum Gasteiger partial charge on any atom is 0.411 e. The Hall–Kier alpha value is -4.87. The second-order valence-corrected chi connectivity index (χ2v) is 9.64. The number of hydrogen-bond donors (Lipinski definition) is 2. The molecule has 0 aliphatic carbocycles. The molecule has 41 heavy (non-hydrogen) atoms. The first-order valence-electron chi connectivity index (χ1n) is 12.6. The van der Waals surface area contributed by atoms with Crippen molar-refractivity contribution in [3.05, 3.63) is 93.8 Å². The normalized spacial score (nSPS) is 16.3. The van der Waals surface area contributed by atoms with E-state index in [0.717, 1.165) is 12.1 Å². The third kappa shape index (κ3) is 5.72. The van der Waals surface area contributed by atoms with Gasteiger partial charge in [-0.05, 0) is 53.8 Å². The molecular weight excluding hydrogens is 543 g/mol. The van der Waals surface area contributed by atoms with Crippen LogP contribution in [-0.2, 0) is 33.9 Å². The van der Waals surface area contributed by atoms with Crippen molar-refractivity contribution in [2.45, 2.75) is 38.5 Å². The van der Waals surface area contributed by atoms with Gasteiger partial charge in [0, 0.05) is 24.2 Å². The van der Waals surface area contributed by atoms with Crippen LogP contribution < -0.4 is 15.4 Å². The fraction of sp³-hybridized carbons (Fsp3) is 0.241. The van der Waals surface area contributed by atoms with Crippen LogP contribution in [0.15, 0.2) is 48.5 Å². The number of ether oxygens (including phenoxy) is 2. The van der Waals surface area contributed by atoms with Crippen LogP contribution in [0, 0.1) is 17.5 Å². The third-order valence-electron chi connectivity index (χ3n) is 6.94. The van der Waals surface area contributed by atoms with Crippen LogP contribution in [0.5, 0.6) is 5.75 Å². The molecule has 12 heteroatoms. The number of carbonyl (C=O) groups excluding carboxylic acids is 4. The van der Waals surface area contributed by atoms with E-state index in [1.54, 1.807) is 36.4 Å². The molecule has 0 bridgehead atoms. The van der Waals surface area contributed by atoms with E-state index in [2.05, 4.69) is 10.6 Å². The molecule has 3 aromatic carbocycles. The van der Waals surface area contributed by atoms with Gasteiger partial charge in [-0.25, -0.2) is 18.0 Å². The van der Waals surface area contributed by atoms with Gasteiger partial charge in [0.25, 0.3) is 5.91 Å². The first-order chi connectivity index (χ1) is 19.6. The molecule has 0 spiro atoms. The molecule has 3 aromatic rings. The van der Waals surface area contributed by atoms with E-state index < -0.39 is 41.4 Å². The number of amides is 4.